The Hall–Kier alpha value is -1.26. The summed E-state index contributed by atoms with van der Waals surface area (Å²) >= 11 is 0. The van der Waals surface area contributed by atoms with Crippen molar-refractivity contribution in [3.63, 3.8) is 0 Å². The molecule has 0 spiro atoms. The number of carbonyl (C=O) groups excluding carboxylic acids is 2. The molecule has 1 saturated carbocycles. The van der Waals surface area contributed by atoms with Gasteiger partial charge in [0.1, 0.15) is 24.4 Å². The first kappa shape index (κ1) is 28.0. The molecule has 0 amide bonds. The van der Waals surface area contributed by atoms with Gasteiger partial charge in [0.25, 0.3) is 0 Å². The van der Waals surface area contributed by atoms with Crippen molar-refractivity contribution in [1.29, 1.82) is 0 Å². The van der Waals surface area contributed by atoms with Crippen LogP contribution in [0.15, 0.2) is 0 Å². The van der Waals surface area contributed by atoms with E-state index in [4.69, 9.17) is 14.5 Å². The average molecular weight is 475 g/mol. The van der Waals surface area contributed by atoms with Crippen molar-refractivity contribution >= 4 is 11.9 Å². The van der Waals surface area contributed by atoms with Crippen LogP contribution in [-0.4, -0.2) is 69.5 Å². The van der Waals surface area contributed by atoms with Gasteiger partial charge in [0, 0.05) is 0 Å². The summed E-state index contributed by atoms with van der Waals surface area (Å²) in [6.07, 6.45) is -0.224. The minimum absolute atomic E-state index is 0.0763. The van der Waals surface area contributed by atoms with Gasteiger partial charge in [-0.15, -0.1) is 0 Å². The van der Waals surface area contributed by atoms with Crippen molar-refractivity contribution < 1.29 is 44.5 Å². The quantitative estimate of drug-likeness (QED) is 0.224. The molecule has 0 aromatic carbocycles. The molecule has 4 N–H and O–H groups in total. The maximum Gasteiger partial charge on any atom is 0.361 e. The highest BCUT2D eigenvalue weighted by Crippen LogP contribution is 2.53. The first-order chi connectivity index (χ1) is 15.5. The average Bonchev–Trinajstić information content (AvgIpc) is 2.79. The lowest BCUT2D eigenvalue weighted by Gasteiger charge is -2.52. The van der Waals surface area contributed by atoms with Gasteiger partial charge in [-0.2, -0.15) is 0 Å². The summed E-state index contributed by atoms with van der Waals surface area (Å²) in [5.74, 6) is -1.21. The summed E-state index contributed by atoms with van der Waals surface area (Å²) in [6.45, 7) is 7.35. The molecule has 33 heavy (non-hydrogen) atoms. The number of aliphatic hydroxyl groups excluding tert-OH is 4. The van der Waals surface area contributed by atoms with Crippen molar-refractivity contribution in [3.05, 3.63) is 0 Å². The van der Waals surface area contributed by atoms with Crippen LogP contribution < -0.4 is 0 Å². The zero-order valence-corrected chi connectivity index (χ0v) is 20.4. The summed E-state index contributed by atoms with van der Waals surface area (Å²) in [5, 5.41) is 40.3. The maximum absolute atomic E-state index is 13.0. The molecule has 1 aliphatic heterocycles. The van der Waals surface area contributed by atoms with Crippen LogP contribution in [0.25, 0.3) is 0 Å². The van der Waals surface area contributed by atoms with Crippen LogP contribution in [0, 0.1) is 16.7 Å². The molecular weight excluding hydrogens is 432 g/mol. The van der Waals surface area contributed by atoms with Gasteiger partial charge in [0.15, 0.2) is 0 Å². The van der Waals surface area contributed by atoms with Crippen LogP contribution in [-0.2, 0) is 24.1 Å². The second kappa shape index (κ2) is 11.9. The van der Waals surface area contributed by atoms with Gasteiger partial charge in [-0.05, 0) is 43.4 Å². The highest BCUT2D eigenvalue weighted by atomic mass is 17.2. The first-order valence-electron chi connectivity index (χ1n) is 12.2. The smallest absolute Gasteiger partial charge is 0.361 e. The summed E-state index contributed by atoms with van der Waals surface area (Å²) < 4.78 is 5.80. The lowest BCUT2D eigenvalue weighted by molar-refractivity contribution is -0.275. The summed E-state index contributed by atoms with van der Waals surface area (Å²) in [4.78, 5) is 34.7. The second-order valence-corrected chi connectivity index (χ2v) is 10.4. The molecule has 0 radical (unpaired) electrons. The molecule has 1 heterocycles. The van der Waals surface area contributed by atoms with E-state index in [1.54, 1.807) is 0 Å². The molecule has 0 aromatic heterocycles. The zero-order chi connectivity index (χ0) is 24.8. The van der Waals surface area contributed by atoms with Gasteiger partial charge >= 0.3 is 11.9 Å². The van der Waals surface area contributed by atoms with E-state index < -0.39 is 59.9 Å². The minimum Gasteiger partial charge on any atom is -0.394 e. The number of carbonyl (C=O) groups is 2. The Morgan fingerprint density at radius 3 is 2.15 bits per heavy atom. The minimum atomic E-state index is -1.43. The van der Waals surface area contributed by atoms with Crippen molar-refractivity contribution in [2.45, 2.75) is 116 Å². The van der Waals surface area contributed by atoms with Crippen LogP contribution in [0.2, 0.25) is 0 Å². The number of hydrogen-bond acceptors (Lipinski definition) is 9. The van der Waals surface area contributed by atoms with Gasteiger partial charge in [-0.1, -0.05) is 47.0 Å². The molecule has 1 aliphatic carbocycles. The van der Waals surface area contributed by atoms with E-state index in [-0.39, 0.29) is 12.3 Å². The highest BCUT2D eigenvalue weighted by molar-refractivity contribution is 5.78. The molecule has 2 fully saturated rings. The van der Waals surface area contributed by atoms with Gasteiger partial charge < -0.3 is 25.2 Å². The van der Waals surface area contributed by atoms with E-state index in [9.17, 15) is 30.0 Å². The third-order valence-electron chi connectivity index (χ3n) is 7.82. The van der Waals surface area contributed by atoms with E-state index in [2.05, 4.69) is 6.92 Å². The fraction of sp³-hybridized carbons (Fsp3) is 0.917. The Bertz CT molecular complexity index is 640. The molecule has 2 aliphatic rings. The van der Waals surface area contributed by atoms with Crippen LogP contribution in [0.4, 0.5) is 0 Å². The Morgan fingerprint density at radius 1 is 0.970 bits per heavy atom. The van der Waals surface area contributed by atoms with Gasteiger partial charge in [-0.25, -0.2) is 19.4 Å². The van der Waals surface area contributed by atoms with Crippen LogP contribution in [0.3, 0.4) is 0 Å². The monoisotopic (exact) mass is 474 g/mol. The van der Waals surface area contributed by atoms with Crippen molar-refractivity contribution in [1.82, 2.24) is 0 Å². The summed E-state index contributed by atoms with van der Waals surface area (Å²) in [5.41, 5.74) is -1.45. The topological polar surface area (TPSA) is 143 Å². The summed E-state index contributed by atoms with van der Waals surface area (Å²) in [7, 11) is 0. The Morgan fingerprint density at radius 2 is 1.61 bits per heavy atom. The third-order valence-corrected chi connectivity index (χ3v) is 7.82. The Kier molecular flexibility index (Phi) is 10.1. The van der Waals surface area contributed by atoms with Crippen LogP contribution in [0.1, 0.15) is 85.5 Å². The largest absolute Gasteiger partial charge is 0.394 e. The van der Waals surface area contributed by atoms with E-state index in [0.717, 1.165) is 19.3 Å². The van der Waals surface area contributed by atoms with E-state index >= 15 is 0 Å². The lowest BCUT2D eigenvalue weighted by atomic mass is 9.57. The van der Waals surface area contributed by atoms with E-state index in [1.165, 1.54) is 0 Å². The molecule has 1 unspecified atom stereocenters. The molecule has 1 saturated heterocycles. The highest BCUT2D eigenvalue weighted by Gasteiger charge is 2.56. The maximum atomic E-state index is 13.0. The zero-order valence-electron chi connectivity index (χ0n) is 20.4. The first-order valence-corrected chi connectivity index (χ1v) is 12.2. The van der Waals surface area contributed by atoms with Gasteiger partial charge in [0.2, 0.25) is 0 Å². The molecule has 9 heteroatoms. The lowest BCUT2D eigenvalue weighted by Crippen LogP contribution is -2.63. The second-order valence-electron chi connectivity index (χ2n) is 10.4. The number of unbranched alkanes of at least 4 members (excludes halogenated alkanes) is 3. The van der Waals surface area contributed by atoms with Gasteiger partial charge in [0.05, 0.1) is 24.5 Å². The predicted octanol–water partition coefficient (Wildman–Crippen LogP) is 2.02. The third kappa shape index (κ3) is 6.25. The molecule has 0 bridgehead atoms. The molecule has 2 rings (SSSR count). The molecule has 5 atom stereocenters. The molecule has 9 nitrogen and oxygen atoms in total. The number of ether oxygens (including phenoxy) is 1. The SMILES string of the molecule is CCCCCCC(=O)OOC(=O)C1(C(C)C)CCC(C)(C2O[C@H](CO)[C@@H](O)[C@H](O)[C@H]2O)CC1. The fourth-order valence-electron chi connectivity index (χ4n) is 5.15. The fourth-order valence-corrected chi connectivity index (χ4v) is 5.15. The Balaban J connectivity index is 2.01. The normalized spacial score (nSPS) is 37.1. The summed E-state index contributed by atoms with van der Waals surface area (Å²) in [6, 6.07) is 0. The number of hydrogen-bond donors (Lipinski definition) is 4. The molecule has 192 valence electrons. The van der Waals surface area contributed by atoms with E-state index in [1.807, 2.05) is 20.8 Å². The van der Waals surface area contributed by atoms with Crippen molar-refractivity contribution in [2.24, 2.45) is 16.7 Å². The van der Waals surface area contributed by atoms with Crippen molar-refractivity contribution in [3.8, 4) is 0 Å². The molecule has 0 aromatic rings. The van der Waals surface area contributed by atoms with Crippen LogP contribution >= 0.6 is 0 Å². The Labute approximate surface area is 196 Å². The van der Waals surface area contributed by atoms with Gasteiger partial charge in [-0.3, -0.25) is 0 Å². The van der Waals surface area contributed by atoms with E-state index in [0.29, 0.717) is 32.1 Å². The van der Waals surface area contributed by atoms with Crippen molar-refractivity contribution in [2.75, 3.05) is 6.61 Å². The predicted molar refractivity (Wildman–Crippen MR) is 119 cm³/mol. The van der Waals surface area contributed by atoms with Crippen LogP contribution in [0.5, 0.6) is 0 Å². The molecular formula is C24H42O9. The standard InChI is InChI=1S/C24H42O9/c1-5-6-7-8-9-17(26)32-33-22(30)24(15(2)3)12-10-23(4,11-13-24)21-20(29)19(28)18(27)16(14-25)31-21/h15-16,18-21,25,27-29H,5-14H2,1-4H3/t16-,18-,19+,20-,21?,23?,24?/m1/s1. The number of aliphatic hydroxyl groups is 4. The number of rotatable bonds is 9.